The summed E-state index contributed by atoms with van der Waals surface area (Å²) in [6.07, 6.45) is 1.57. The van der Waals surface area contributed by atoms with Crippen molar-refractivity contribution in [1.82, 2.24) is 4.90 Å². The van der Waals surface area contributed by atoms with Gasteiger partial charge in [0.05, 0.1) is 16.0 Å². The van der Waals surface area contributed by atoms with Gasteiger partial charge in [0.15, 0.2) is 11.5 Å². The van der Waals surface area contributed by atoms with E-state index >= 15 is 0 Å². The zero-order chi connectivity index (χ0) is 29.0. The zero-order valence-electron chi connectivity index (χ0n) is 21.2. The SMILES string of the molecule is CCOc1cc(/C=C2\SC(=O)N(CC(=O)Nc3cc(Cl)ccc3C)C2=O)cc(Br)c1OCc1ccc(Cl)cc1Cl. The molecule has 7 nitrogen and oxygen atoms in total. The van der Waals surface area contributed by atoms with E-state index in [1.54, 1.807) is 54.6 Å². The Balaban J connectivity index is 1.50. The van der Waals surface area contributed by atoms with E-state index in [1.165, 1.54) is 0 Å². The molecule has 0 bridgehead atoms. The largest absolute Gasteiger partial charge is 0.490 e. The van der Waals surface area contributed by atoms with E-state index in [4.69, 9.17) is 44.3 Å². The number of hydrogen-bond donors (Lipinski definition) is 1. The molecule has 1 saturated heterocycles. The number of anilines is 1. The van der Waals surface area contributed by atoms with Crippen LogP contribution in [0, 0.1) is 6.92 Å². The first-order valence-electron chi connectivity index (χ1n) is 11.9. The highest BCUT2D eigenvalue weighted by Crippen LogP contribution is 2.40. The van der Waals surface area contributed by atoms with Crippen molar-refractivity contribution in [3.8, 4) is 11.5 Å². The third-order valence-electron chi connectivity index (χ3n) is 5.67. The van der Waals surface area contributed by atoms with Crippen molar-refractivity contribution in [1.29, 1.82) is 0 Å². The van der Waals surface area contributed by atoms with Crippen molar-refractivity contribution < 1.29 is 23.9 Å². The summed E-state index contributed by atoms with van der Waals surface area (Å²) in [5.74, 6) is -0.202. The van der Waals surface area contributed by atoms with Gasteiger partial charge in [-0.2, -0.15) is 0 Å². The second-order valence-electron chi connectivity index (χ2n) is 8.56. The Morgan fingerprint density at radius 2 is 1.77 bits per heavy atom. The summed E-state index contributed by atoms with van der Waals surface area (Å²) >= 11 is 22.5. The molecule has 0 atom stereocenters. The molecule has 3 amide bonds. The monoisotopic (exact) mass is 682 g/mol. The van der Waals surface area contributed by atoms with Gasteiger partial charge in [0.1, 0.15) is 13.2 Å². The molecule has 1 aliphatic heterocycles. The molecule has 12 heteroatoms. The fraction of sp³-hybridized carbons (Fsp3) is 0.179. The second kappa shape index (κ2) is 13.3. The molecule has 0 radical (unpaired) electrons. The number of carbonyl (C=O) groups excluding carboxylic acids is 3. The lowest BCUT2D eigenvalue weighted by atomic mass is 10.1. The van der Waals surface area contributed by atoms with Crippen LogP contribution >= 0.6 is 62.5 Å². The van der Waals surface area contributed by atoms with Crippen molar-refractivity contribution in [3.63, 3.8) is 0 Å². The van der Waals surface area contributed by atoms with Crippen LogP contribution in [0.5, 0.6) is 11.5 Å². The van der Waals surface area contributed by atoms with Gasteiger partial charge in [-0.1, -0.05) is 46.9 Å². The molecule has 1 heterocycles. The van der Waals surface area contributed by atoms with Gasteiger partial charge in [0.2, 0.25) is 5.91 Å². The van der Waals surface area contributed by atoms with Gasteiger partial charge in [-0.05, 0) is 95.1 Å². The Hall–Kier alpha value is -2.69. The molecule has 40 heavy (non-hydrogen) atoms. The summed E-state index contributed by atoms with van der Waals surface area (Å²) in [6, 6.07) is 13.7. The van der Waals surface area contributed by atoms with Gasteiger partial charge >= 0.3 is 0 Å². The lowest BCUT2D eigenvalue weighted by Gasteiger charge is -2.15. The van der Waals surface area contributed by atoms with Crippen molar-refractivity contribution in [2.45, 2.75) is 20.5 Å². The second-order valence-corrected chi connectivity index (χ2v) is 11.7. The van der Waals surface area contributed by atoms with Crippen LogP contribution in [0.1, 0.15) is 23.6 Å². The number of benzene rings is 3. The average molecular weight is 685 g/mol. The van der Waals surface area contributed by atoms with Gasteiger partial charge in [0, 0.05) is 26.3 Å². The number of rotatable bonds is 9. The van der Waals surface area contributed by atoms with Gasteiger partial charge in [0.25, 0.3) is 11.1 Å². The highest BCUT2D eigenvalue weighted by molar-refractivity contribution is 9.10. The molecular formula is C28H22BrCl3N2O5S. The molecule has 0 unspecified atom stereocenters. The Bertz CT molecular complexity index is 1530. The maximum absolute atomic E-state index is 13.0. The number of imide groups is 1. The van der Waals surface area contributed by atoms with Crippen molar-refractivity contribution in [2.24, 2.45) is 0 Å². The molecule has 0 saturated carbocycles. The number of carbonyl (C=O) groups is 3. The van der Waals surface area contributed by atoms with Crippen LogP contribution in [0.2, 0.25) is 15.1 Å². The minimum atomic E-state index is -0.570. The van der Waals surface area contributed by atoms with Crippen LogP contribution in [-0.4, -0.2) is 35.1 Å². The van der Waals surface area contributed by atoms with Crippen LogP contribution in [0.25, 0.3) is 6.08 Å². The van der Waals surface area contributed by atoms with Crippen LogP contribution in [0.4, 0.5) is 10.5 Å². The van der Waals surface area contributed by atoms with Crippen LogP contribution in [0.3, 0.4) is 0 Å². The first-order valence-corrected chi connectivity index (χ1v) is 14.6. The van der Waals surface area contributed by atoms with E-state index in [1.807, 2.05) is 13.8 Å². The Kier molecular flexibility index (Phi) is 10.1. The number of thioether (sulfide) groups is 1. The summed E-state index contributed by atoms with van der Waals surface area (Å²) in [5, 5.41) is 3.61. The fourth-order valence-corrected chi connectivity index (χ4v) is 5.76. The van der Waals surface area contributed by atoms with E-state index in [-0.39, 0.29) is 11.5 Å². The van der Waals surface area contributed by atoms with Gasteiger partial charge in [-0.15, -0.1) is 0 Å². The molecule has 1 aliphatic rings. The van der Waals surface area contributed by atoms with Crippen molar-refractivity contribution in [3.05, 3.63) is 89.7 Å². The lowest BCUT2D eigenvalue weighted by molar-refractivity contribution is -0.127. The molecule has 1 N–H and O–H groups in total. The fourth-order valence-electron chi connectivity index (χ4n) is 3.71. The summed E-state index contributed by atoms with van der Waals surface area (Å²) < 4.78 is 12.4. The van der Waals surface area contributed by atoms with E-state index in [2.05, 4.69) is 21.2 Å². The predicted molar refractivity (Wildman–Crippen MR) is 164 cm³/mol. The van der Waals surface area contributed by atoms with Crippen molar-refractivity contribution >= 4 is 91.3 Å². The van der Waals surface area contributed by atoms with Gasteiger partial charge in [-0.25, -0.2) is 0 Å². The van der Waals surface area contributed by atoms with Crippen LogP contribution in [0.15, 0.2) is 57.9 Å². The summed E-state index contributed by atoms with van der Waals surface area (Å²) in [6.45, 7) is 3.76. The predicted octanol–water partition coefficient (Wildman–Crippen LogP) is 8.37. The Morgan fingerprint density at radius 3 is 2.50 bits per heavy atom. The quantitative estimate of drug-likeness (QED) is 0.228. The maximum Gasteiger partial charge on any atom is 0.294 e. The summed E-state index contributed by atoms with van der Waals surface area (Å²) in [5.41, 5.74) is 2.64. The standard InChI is InChI=1S/C28H22BrCl3N2O5S/c1-3-38-23-9-16(8-20(29)26(23)39-14-17-5-7-18(30)11-21(17)32)10-24-27(36)34(28(37)40-24)13-25(35)33-22-12-19(31)6-4-15(22)2/h4-12H,3,13-14H2,1-2H3,(H,33,35)/b24-10-. The maximum atomic E-state index is 13.0. The Morgan fingerprint density at radius 1 is 1.05 bits per heavy atom. The normalized spacial score (nSPS) is 14.2. The first-order chi connectivity index (χ1) is 19.0. The zero-order valence-corrected chi connectivity index (χ0v) is 25.9. The number of hydrogen-bond acceptors (Lipinski definition) is 6. The van der Waals surface area contributed by atoms with Gasteiger partial charge in [-0.3, -0.25) is 19.3 Å². The van der Waals surface area contributed by atoms with Crippen LogP contribution in [-0.2, 0) is 16.2 Å². The molecule has 3 aromatic carbocycles. The summed E-state index contributed by atoms with van der Waals surface area (Å²) in [4.78, 5) is 39.3. The number of halogens is 4. The third kappa shape index (κ3) is 7.33. The number of aryl methyl sites for hydroxylation is 1. The number of nitrogens with one attached hydrogen (secondary N) is 1. The van der Waals surface area contributed by atoms with E-state index < -0.39 is 23.6 Å². The smallest absolute Gasteiger partial charge is 0.294 e. The average Bonchev–Trinajstić information content (AvgIpc) is 3.14. The minimum absolute atomic E-state index is 0.170. The van der Waals surface area contributed by atoms with E-state index in [0.29, 0.717) is 48.9 Å². The molecule has 0 aliphatic carbocycles. The number of ether oxygens (including phenoxy) is 2. The third-order valence-corrected chi connectivity index (χ3v) is 7.98. The van der Waals surface area contributed by atoms with E-state index in [0.717, 1.165) is 27.8 Å². The molecule has 4 rings (SSSR count). The number of nitrogens with zero attached hydrogens (tertiary/aromatic N) is 1. The van der Waals surface area contributed by atoms with Crippen molar-refractivity contribution in [2.75, 3.05) is 18.5 Å². The minimum Gasteiger partial charge on any atom is -0.490 e. The molecule has 3 aromatic rings. The molecule has 0 spiro atoms. The molecular weight excluding hydrogens is 663 g/mol. The summed E-state index contributed by atoms with van der Waals surface area (Å²) in [7, 11) is 0. The molecule has 208 valence electrons. The lowest BCUT2D eigenvalue weighted by Crippen LogP contribution is -2.36. The Labute approximate surface area is 258 Å². The molecule has 1 fully saturated rings. The first kappa shape index (κ1) is 30.3. The van der Waals surface area contributed by atoms with E-state index in [9.17, 15) is 14.4 Å². The molecule has 0 aromatic heterocycles. The van der Waals surface area contributed by atoms with Gasteiger partial charge < -0.3 is 14.8 Å². The number of amides is 3. The topological polar surface area (TPSA) is 84.9 Å². The highest BCUT2D eigenvalue weighted by atomic mass is 79.9. The highest BCUT2D eigenvalue weighted by Gasteiger charge is 2.36. The van der Waals surface area contributed by atoms with Crippen LogP contribution < -0.4 is 14.8 Å².